The fourth-order valence-electron chi connectivity index (χ4n) is 5.86. The van der Waals surface area contributed by atoms with Crippen LogP contribution in [0.3, 0.4) is 0 Å². The summed E-state index contributed by atoms with van der Waals surface area (Å²) in [5, 5.41) is 3.80. The van der Waals surface area contributed by atoms with Crippen LogP contribution in [0.1, 0.15) is 45.4 Å². The van der Waals surface area contributed by atoms with Crippen LogP contribution in [0.5, 0.6) is 5.75 Å². The van der Waals surface area contributed by atoms with E-state index >= 15 is 0 Å². The van der Waals surface area contributed by atoms with Crippen LogP contribution in [0.4, 0.5) is 5.13 Å². The van der Waals surface area contributed by atoms with Crippen molar-refractivity contribution >= 4 is 44.2 Å². The van der Waals surface area contributed by atoms with E-state index in [1.165, 1.54) is 17.8 Å². The maximum atomic E-state index is 13.2. The summed E-state index contributed by atoms with van der Waals surface area (Å²) >= 11 is 8.38. The molecule has 0 radical (unpaired) electrons. The van der Waals surface area contributed by atoms with Crippen molar-refractivity contribution in [2.45, 2.75) is 50.3 Å². The maximum absolute atomic E-state index is 13.2. The quantitative estimate of drug-likeness (QED) is 0.729. The van der Waals surface area contributed by atoms with Crippen LogP contribution in [-0.2, 0) is 4.79 Å². The molecule has 2 aromatic rings. The van der Waals surface area contributed by atoms with Gasteiger partial charge >= 0.3 is 0 Å². The number of fused-ring (bicyclic) bond motifs is 1. The summed E-state index contributed by atoms with van der Waals surface area (Å²) in [4.78, 5) is 17.7. The highest BCUT2D eigenvalue weighted by atomic mass is 35.5. The van der Waals surface area contributed by atoms with Crippen LogP contribution in [-0.4, -0.2) is 22.4 Å². The monoisotopic (exact) mass is 390 g/mol. The molecule has 0 spiro atoms. The van der Waals surface area contributed by atoms with E-state index in [0.29, 0.717) is 23.6 Å². The molecule has 1 N–H and O–H groups in total. The molecule has 1 amide bonds. The lowest BCUT2D eigenvalue weighted by Crippen LogP contribution is -2.57. The first kappa shape index (κ1) is 16.8. The Morgan fingerprint density at radius 2 is 2.12 bits per heavy atom. The Morgan fingerprint density at radius 3 is 2.81 bits per heavy atom. The summed E-state index contributed by atoms with van der Waals surface area (Å²) in [6.07, 6.45) is 6.22. The third-order valence-corrected chi connectivity index (χ3v) is 7.74. The van der Waals surface area contributed by atoms with Crippen LogP contribution in [0.15, 0.2) is 18.2 Å². The summed E-state index contributed by atoms with van der Waals surface area (Å²) in [6.45, 7) is 2.61. The van der Waals surface area contributed by atoms with Gasteiger partial charge in [0.15, 0.2) is 5.13 Å². The molecule has 2 unspecified atom stereocenters. The van der Waals surface area contributed by atoms with Crippen molar-refractivity contribution < 1.29 is 9.53 Å². The van der Waals surface area contributed by atoms with Crippen molar-refractivity contribution in [3.05, 3.63) is 18.2 Å². The zero-order valence-electron chi connectivity index (χ0n) is 14.9. The van der Waals surface area contributed by atoms with E-state index in [9.17, 15) is 4.79 Å². The molecule has 1 aromatic carbocycles. The molecule has 6 rings (SSSR count). The van der Waals surface area contributed by atoms with E-state index in [-0.39, 0.29) is 16.2 Å². The number of carbonyl (C=O) groups excluding carboxylic acids is 1. The Hall–Kier alpha value is -1.33. The van der Waals surface area contributed by atoms with Gasteiger partial charge in [0.25, 0.3) is 0 Å². The fraction of sp³-hybridized carbons (Fsp3) is 0.600. The van der Waals surface area contributed by atoms with E-state index in [1.54, 1.807) is 0 Å². The minimum atomic E-state index is -0.291. The number of ether oxygens (including phenoxy) is 1. The fourth-order valence-corrected chi connectivity index (χ4v) is 7.44. The minimum absolute atomic E-state index is 0.126. The molecule has 6 heteroatoms. The zero-order valence-corrected chi connectivity index (χ0v) is 16.5. The SMILES string of the molecule is CCOc1ccc2nc(NC(=O)C34CC5CC(CC(Cl)(C5)C3)C4)sc2c1. The molecular weight excluding hydrogens is 368 g/mol. The van der Waals surface area contributed by atoms with Gasteiger partial charge in [-0.2, -0.15) is 0 Å². The number of aromatic nitrogens is 1. The maximum Gasteiger partial charge on any atom is 0.232 e. The average molecular weight is 391 g/mol. The number of thiazole rings is 1. The number of amides is 1. The Bertz CT molecular complexity index is 866. The van der Waals surface area contributed by atoms with Crippen molar-refractivity contribution in [2.75, 3.05) is 11.9 Å². The van der Waals surface area contributed by atoms with E-state index in [1.807, 2.05) is 25.1 Å². The summed E-state index contributed by atoms with van der Waals surface area (Å²) in [5.41, 5.74) is 0.605. The van der Waals surface area contributed by atoms with Gasteiger partial charge in [-0.3, -0.25) is 4.79 Å². The first-order chi connectivity index (χ1) is 12.5. The summed E-state index contributed by atoms with van der Waals surface area (Å²) in [5.74, 6) is 2.19. The molecule has 2 atom stereocenters. The Labute approximate surface area is 162 Å². The van der Waals surface area contributed by atoms with Crippen molar-refractivity contribution in [1.82, 2.24) is 4.98 Å². The van der Waals surface area contributed by atoms with Gasteiger partial charge in [-0.15, -0.1) is 11.6 Å². The molecule has 1 aromatic heterocycles. The molecule has 0 saturated heterocycles. The number of nitrogens with one attached hydrogen (secondary N) is 1. The smallest absolute Gasteiger partial charge is 0.232 e. The van der Waals surface area contributed by atoms with Gasteiger partial charge in [0.05, 0.1) is 22.2 Å². The molecule has 4 fully saturated rings. The third-order valence-electron chi connectivity index (χ3n) is 6.36. The van der Waals surface area contributed by atoms with Gasteiger partial charge in [0, 0.05) is 4.87 Å². The lowest BCUT2D eigenvalue weighted by atomic mass is 9.49. The second kappa shape index (κ2) is 5.83. The van der Waals surface area contributed by atoms with Gasteiger partial charge in [-0.05, 0) is 75.5 Å². The average Bonchev–Trinajstić information content (AvgIpc) is 2.94. The molecule has 138 valence electrons. The highest BCUT2D eigenvalue weighted by Crippen LogP contribution is 2.64. The van der Waals surface area contributed by atoms with Gasteiger partial charge < -0.3 is 10.1 Å². The molecule has 4 nitrogen and oxygen atoms in total. The largest absolute Gasteiger partial charge is 0.494 e. The molecule has 1 heterocycles. The van der Waals surface area contributed by atoms with Crippen LogP contribution in [0, 0.1) is 17.3 Å². The molecule has 0 aliphatic heterocycles. The number of hydrogen-bond acceptors (Lipinski definition) is 4. The Morgan fingerprint density at radius 1 is 1.35 bits per heavy atom. The number of rotatable bonds is 4. The van der Waals surface area contributed by atoms with Gasteiger partial charge in [-0.1, -0.05) is 11.3 Å². The van der Waals surface area contributed by atoms with Crippen LogP contribution in [0.25, 0.3) is 10.2 Å². The third kappa shape index (κ3) is 2.71. The van der Waals surface area contributed by atoms with E-state index in [2.05, 4.69) is 10.3 Å². The number of hydrogen-bond donors (Lipinski definition) is 1. The second-order valence-electron chi connectivity index (χ2n) is 8.43. The number of alkyl halides is 1. The van der Waals surface area contributed by atoms with Crippen LogP contribution < -0.4 is 10.1 Å². The summed E-state index contributed by atoms with van der Waals surface area (Å²) in [7, 11) is 0. The minimum Gasteiger partial charge on any atom is -0.494 e. The first-order valence-corrected chi connectivity index (χ1v) is 10.7. The predicted octanol–water partition coefficient (Wildman–Crippen LogP) is 5.21. The van der Waals surface area contributed by atoms with Crippen molar-refractivity contribution in [1.29, 1.82) is 0 Å². The number of benzene rings is 1. The van der Waals surface area contributed by atoms with E-state index in [4.69, 9.17) is 16.3 Å². The molecular formula is C20H23ClN2O2S. The molecule has 26 heavy (non-hydrogen) atoms. The van der Waals surface area contributed by atoms with Crippen LogP contribution in [0.2, 0.25) is 0 Å². The highest BCUT2D eigenvalue weighted by Gasteiger charge is 2.60. The van der Waals surface area contributed by atoms with E-state index < -0.39 is 0 Å². The molecule has 4 saturated carbocycles. The lowest BCUT2D eigenvalue weighted by Gasteiger charge is -2.59. The predicted molar refractivity (Wildman–Crippen MR) is 105 cm³/mol. The molecule has 4 bridgehead atoms. The molecule has 4 aliphatic rings. The van der Waals surface area contributed by atoms with Crippen molar-refractivity contribution in [2.24, 2.45) is 17.3 Å². The normalized spacial score (nSPS) is 35.0. The number of carbonyl (C=O) groups is 1. The Balaban J connectivity index is 1.39. The van der Waals surface area contributed by atoms with Crippen LogP contribution >= 0.6 is 22.9 Å². The van der Waals surface area contributed by atoms with Gasteiger partial charge in [-0.25, -0.2) is 4.98 Å². The summed E-state index contributed by atoms with van der Waals surface area (Å²) in [6, 6.07) is 5.86. The topological polar surface area (TPSA) is 51.2 Å². The standard InChI is InChI=1S/C20H23ClN2O2S/c1-2-25-14-3-4-15-16(6-14)26-18(22-15)23-17(24)19-7-12-5-13(8-19)10-20(21,9-12)11-19/h3-4,6,12-13H,2,5,7-11H2,1H3,(H,22,23,24). The number of halogens is 1. The Kier molecular flexibility index (Phi) is 3.77. The zero-order chi connectivity index (χ0) is 17.9. The summed E-state index contributed by atoms with van der Waals surface area (Å²) < 4.78 is 6.59. The molecule has 4 aliphatic carbocycles. The lowest BCUT2D eigenvalue weighted by molar-refractivity contribution is -0.138. The van der Waals surface area contributed by atoms with Crippen molar-refractivity contribution in [3.63, 3.8) is 0 Å². The number of anilines is 1. The van der Waals surface area contributed by atoms with E-state index in [0.717, 1.165) is 48.1 Å². The first-order valence-electron chi connectivity index (χ1n) is 9.51. The van der Waals surface area contributed by atoms with Gasteiger partial charge in [0.1, 0.15) is 5.75 Å². The second-order valence-corrected chi connectivity index (χ2v) is 10.3. The number of nitrogens with zero attached hydrogens (tertiary/aromatic N) is 1. The van der Waals surface area contributed by atoms with Crippen molar-refractivity contribution in [3.8, 4) is 5.75 Å². The van der Waals surface area contributed by atoms with Gasteiger partial charge in [0.2, 0.25) is 5.91 Å². The highest BCUT2D eigenvalue weighted by molar-refractivity contribution is 7.22.